The van der Waals surface area contributed by atoms with Crippen LogP contribution >= 0.6 is 11.8 Å². The van der Waals surface area contributed by atoms with Crippen molar-refractivity contribution >= 4 is 17.7 Å². The Morgan fingerprint density at radius 3 is 2.74 bits per heavy atom. The molecule has 158 valence electrons. The second kappa shape index (κ2) is 9.98. The van der Waals surface area contributed by atoms with Crippen molar-refractivity contribution in [1.82, 2.24) is 25.3 Å². The largest absolute Gasteiger partial charge is 0.462 e. The van der Waals surface area contributed by atoms with Gasteiger partial charge in [0.1, 0.15) is 0 Å². The molecule has 9 nitrogen and oxygen atoms in total. The number of ether oxygens (including phenoxy) is 1. The van der Waals surface area contributed by atoms with Gasteiger partial charge in [0.05, 0.1) is 17.9 Å². The number of rotatable bonds is 9. The minimum Gasteiger partial charge on any atom is -0.462 e. The number of aromatic nitrogens is 5. The lowest BCUT2D eigenvalue weighted by Gasteiger charge is -2.08. The zero-order chi connectivity index (χ0) is 21.5. The highest BCUT2D eigenvalue weighted by Crippen LogP contribution is 2.26. The molecule has 0 amide bonds. The number of esters is 1. The van der Waals surface area contributed by atoms with Crippen LogP contribution in [0.5, 0.6) is 0 Å². The molecule has 0 saturated carbocycles. The summed E-state index contributed by atoms with van der Waals surface area (Å²) in [6.07, 6.45) is 4.43. The van der Waals surface area contributed by atoms with Gasteiger partial charge in [-0.3, -0.25) is 4.98 Å². The maximum absolute atomic E-state index is 12.5. The van der Waals surface area contributed by atoms with E-state index in [1.807, 2.05) is 24.3 Å². The molecule has 4 rings (SSSR count). The molecule has 0 aliphatic heterocycles. The van der Waals surface area contributed by atoms with Gasteiger partial charge in [0.15, 0.2) is 5.82 Å². The van der Waals surface area contributed by atoms with E-state index >= 15 is 0 Å². The molecule has 0 N–H and O–H groups in total. The lowest BCUT2D eigenvalue weighted by Crippen LogP contribution is -2.08. The summed E-state index contributed by atoms with van der Waals surface area (Å²) < 4.78 is 15.8. The van der Waals surface area contributed by atoms with Gasteiger partial charge in [-0.2, -0.15) is 9.97 Å². The summed E-state index contributed by atoms with van der Waals surface area (Å²) in [4.78, 5) is 25.9. The van der Waals surface area contributed by atoms with Crippen LogP contribution in [0.4, 0.5) is 0 Å². The van der Waals surface area contributed by atoms with Gasteiger partial charge in [0.25, 0.3) is 0 Å². The number of pyridine rings is 1. The summed E-state index contributed by atoms with van der Waals surface area (Å²) in [5, 5.41) is 7.72. The predicted molar refractivity (Wildman–Crippen MR) is 111 cm³/mol. The highest BCUT2D eigenvalue weighted by Gasteiger charge is 2.15. The lowest BCUT2D eigenvalue weighted by atomic mass is 10.2. The highest BCUT2D eigenvalue weighted by molar-refractivity contribution is 7.98. The zero-order valence-electron chi connectivity index (χ0n) is 16.7. The fourth-order valence-corrected chi connectivity index (χ4v) is 3.61. The molecule has 0 fully saturated rings. The zero-order valence-corrected chi connectivity index (χ0v) is 17.5. The highest BCUT2D eigenvalue weighted by atomic mass is 32.2. The first-order chi connectivity index (χ1) is 15.2. The molecule has 0 unspecified atom stereocenters. The third-order valence-electron chi connectivity index (χ3n) is 4.18. The standard InChI is InChI=1S/C21H19N5O4S/c1-14-23-19(30-25-14)13-31-17-8-3-2-7-16(17)21(27)28-11-5-9-18-24-20(26-29-18)15-6-4-10-22-12-15/h2-4,6-8,10,12H,5,9,11,13H2,1H3. The number of carbonyl (C=O) groups is 1. The monoisotopic (exact) mass is 437 g/mol. The molecule has 0 spiro atoms. The maximum Gasteiger partial charge on any atom is 0.339 e. The first kappa shape index (κ1) is 20.7. The number of hydrogen-bond acceptors (Lipinski definition) is 10. The Bertz CT molecular complexity index is 1150. The number of benzene rings is 1. The molecule has 0 radical (unpaired) electrons. The molecular formula is C21H19N5O4S. The number of nitrogens with zero attached hydrogens (tertiary/aromatic N) is 5. The normalized spacial score (nSPS) is 10.9. The number of aryl methyl sites for hydroxylation is 2. The van der Waals surface area contributed by atoms with Gasteiger partial charge in [-0.05, 0) is 37.6 Å². The van der Waals surface area contributed by atoms with Crippen molar-refractivity contribution in [2.24, 2.45) is 0 Å². The van der Waals surface area contributed by atoms with E-state index < -0.39 is 0 Å². The molecule has 1 aromatic carbocycles. The topological polar surface area (TPSA) is 117 Å². The van der Waals surface area contributed by atoms with Crippen LogP contribution < -0.4 is 0 Å². The fourth-order valence-electron chi connectivity index (χ4n) is 2.73. The van der Waals surface area contributed by atoms with E-state index in [2.05, 4.69) is 25.3 Å². The van der Waals surface area contributed by atoms with E-state index in [9.17, 15) is 4.79 Å². The number of thioether (sulfide) groups is 1. The summed E-state index contributed by atoms with van der Waals surface area (Å²) in [5.41, 5.74) is 1.29. The first-order valence-electron chi connectivity index (χ1n) is 9.60. The van der Waals surface area contributed by atoms with Gasteiger partial charge in [-0.25, -0.2) is 4.79 Å². The second-order valence-electron chi connectivity index (χ2n) is 6.51. The number of carbonyl (C=O) groups excluding carboxylic acids is 1. The fraction of sp³-hybridized carbons (Fsp3) is 0.238. The number of hydrogen-bond donors (Lipinski definition) is 0. The molecule has 31 heavy (non-hydrogen) atoms. The van der Waals surface area contributed by atoms with E-state index in [-0.39, 0.29) is 12.6 Å². The Morgan fingerprint density at radius 2 is 1.94 bits per heavy atom. The second-order valence-corrected chi connectivity index (χ2v) is 7.53. The van der Waals surface area contributed by atoms with E-state index in [4.69, 9.17) is 13.8 Å². The Morgan fingerprint density at radius 1 is 1.06 bits per heavy atom. The molecule has 10 heteroatoms. The minimum absolute atomic E-state index is 0.241. The third kappa shape index (κ3) is 5.54. The van der Waals surface area contributed by atoms with Crippen LogP contribution in [0, 0.1) is 6.92 Å². The van der Waals surface area contributed by atoms with Crippen molar-refractivity contribution in [3.63, 3.8) is 0 Å². The van der Waals surface area contributed by atoms with Crippen molar-refractivity contribution < 1.29 is 18.6 Å². The molecule has 0 saturated heterocycles. The van der Waals surface area contributed by atoms with Crippen molar-refractivity contribution in [3.8, 4) is 11.4 Å². The summed E-state index contributed by atoms with van der Waals surface area (Å²) in [6, 6.07) is 10.9. The lowest BCUT2D eigenvalue weighted by molar-refractivity contribution is 0.0494. The summed E-state index contributed by atoms with van der Waals surface area (Å²) >= 11 is 1.44. The van der Waals surface area contributed by atoms with E-state index in [0.717, 1.165) is 10.5 Å². The van der Waals surface area contributed by atoms with Crippen LogP contribution in [0.1, 0.15) is 34.4 Å². The first-order valence-corrected chi connectivity index (χ1v) is 10.6. The van der Waals surface area contributed by atoms with Gasteiger partial charge in [0.2, 0.25) is 17.6 Å². The third-order valence-corrected chi connectivity index (χ3v) is 5.24. The average molecular weight is 437 g/mol. The van der Waals surface area contributed by atoms with Gasteiger partial charge in [-0.15, -0.1) is 11.8 Å². The van der Waals surface area contributed by atoms with Gasteiger partial charge < -0.3 is 13.8 Å². The molecule has 0 atom stereocenters. The summed E-state index contributed by atoms with van der Waals surface area (Å²) in [6.45, 7) is 2.00. The van der Waals surface area contributed by atoms with Crippen LogP contribution in [0.15, 0.2) is 62.7 Å². The Kier molecular flexibility index (Phi) is 6.68. The van der Waals surface area contributed by atoms with Crippen molar-refractivity contribution in [2.75, 3.05) is 6.61 Å². The molecular weight excluding hydrogens is 418 g/mol. The Hall–Kier alpha value is -3.53. The van der Waals surface area contributed by atoms with Crippen LogP contribution in [-0.2, 0) is 16.9 Å². The predicted octanol–water partition coefficient (Wildman–Crippen LogP) is 3.90. The van der Waals surface area contributed by atoms with Crippen LogP contribution in [0.25, 0.3) is 11.4 Å². The Labute approximate surface area is 182 Å². The van der Waals surface area contributed by atoms with Crippen molar-refractivity contribution in [3.05, 3.63) is 72.0 Å². The van der Waals surface area contributed by atoms with E-state index in [1.54, 1.807) is 31.5 Å². The molecule has 0 aliphatic carbocycles. The van der Waals surface area contributed by atoms with Crippen molar-refractivity contribution in [2.45, 2.75) is 30.4 Å². The summed E-state index contributed by atoms with van der Waals surface area (Å²) in [7, 11) is 0. The van der Waals surface area contributed by atoms with Crippen LogP contribution in [-0.4, -0.2) is 37.8 Å². The molecule has 3 aromatic heterocycles. The van der Waals surface area contributed by atoms with Crippen LogP contribution in [0.2, 0.25) is 0 Å². The summed E-state index contributed by atoms with van der Waals surface area (Å²) in [5.74, 6) is 2.16. The Balaban J connectivity index is 1.27. The van der Waals surface area contributed by atoms with Crippen LogP contribution in [0.3, 0.4) is 0 Å². The quantitative estimate of drug-likeness (QED) is 0.217. The molecule has 4 aromatic rings. The SMILES string of the molecule is Cc1noc(CSc2ccccc2C(=O)OCCCc2nc(-c3cccnc3)no2)n1. The molecule has 0 bridgehead atoms. The van der Waals surface area contributed by atoms with E-state index in [0.29, 0.717) is 47.6 Å². The van der Waals surface area contributed by atoms with Gasteiger partial charge >= 0.3 is 5.97 Å². The van der Waals surface area contributed by atoms with Gasteiger partial charge in [-0.1, -0.05) is 22.4 Å². The van der Waals surface area contributed by atoms with Crippen molar-refractivity contribution in [1.29, 1.82) is 0 Å². The molecule has 3 heterocycles. The average Bonchev–Trinajstić information content (AvgIpc) is 3.45. The molecule has 0 aliphatic rings. The van der Waals surface area contributed by atoms with Gasteiger partial charge in [0, 0.05) is 29.3 Å². The maximum atomic E-state index is 12.5. The minimum atomic E-state index is -0.383. The van der Waals surface area contributed by atoms with E-state index in [1.165, 1.54) is 11.8 Å². The smallest absolute Gasteiger partial charge is 0.339 e.